The topological polar surface area (TPSA) is 76.2 Å². The quantitative estimate of drug-likeness (QED) is 0.522. The van der Waals surface area contributed by atoms with Crippen LogP contribution < -0.4 is 9.08 Å². The first-order valence-corrected chi connectivity index (χ1v) is 12.8. The summed E-state index contributed by atoms with van der Waals surface area (Å²) >= 11 is 0. The number of rotatable bonds is 10. The summed E-state index contributed by atoms with van der Waals surface area (Å²) in [5, 5.41) is 0. The SMILES string of the molecule is CCN(CC)c1ccc(CN(CC2CCCO2)C(=O)C2CCC2)c(OS(C)(=O)=O)c1. The molecule has 1 aromatic carbocycles. The Morgan fingerprint density at radius 3 is 2.43 bits per heavy atom. The first-order valence-electron chi connectivity index (χ1n) is 11.0. The van der Waals surface area contributed by atoms with Gasteiger partial charge in [0.1, 0.15) is 5.75 Å². The van der Waals surface area contributed by atoms with E-state index < -0.39 is 10.1 Å². The van der Waals surface area contributed by atoms with E-state index in [1.54, 1.807) is 6.07 Å². The maximum Gasteiger partial charge on any atom is 0.306 e. The molecule has 1 amide bonds. The van der Waals surface area contributed by atoms with Gasteiger partial charge in [-0.15, -0.1) is 0 Å². The van der Waals surface area contributed by atoms with Crippen molar-refractivity contribution in [2.75, 3.05) is 37.4 Å². The largest absolute Gasteiger partial charge is 0.382 e. The fourth-order valence-electron chi connectivity index (χ4n) is 4.09. The minimum absolute atomic E-state index is 0.0447. The van der Waals surface area contributed by atoms with E-state index in [0.29, 0.717) is 24.4 Å². The van der Waals surface area contributed by atoms with E-state index in [2.05, 4.69) is 18.7 Å². The number of ether oxygens (including phenoxy) is 1. The molecule has 30 heavy (non-hydrogen) atoms. The molecule has 0 N–H and O–H groups in total. The third-order valence-electron chi connectivity index (χ3n) is 6.00. The van der Waals surface area contributed by atoms with Crippen molar-refractivity contribution in [2.24, 2.45) is 5.92 Å². The van der Waals surface area contributed by atoms with Gasteiger partial charge < -0.3 is 18.7 Å². The van der Waals surface area contributed by atoms with Crippen molar-refractivity contribution in [1.82, 2.24) is 4.90 Å². The first kappa shape index (κ1) is 22.9. The van der Waals surface area contributed by atoms with E-state index in [1.165, 1.54) is 0 Å². The Hall–Kier alpha value is -1.80. The van der Waals surface area contributed by atoms with Crippen LogP contribution in [0.5, 0.6) is 5.75 Å². The van der Waals surface area contributed by atoms with Crippen LogP contribution in [0.4, 0.5) is 5.69 Å². The Morgan fingerprint density at radius 1 is 1.17 bits per heavy atom. The van der Waals surface area contributed by atoms with E-state index in [4.69, 9.17) is 8.92 Å². The average molecular weight is 439 g/mol. The van der Waals surface area contributed by atoms with Crippen LogP contribution in [-0.4, -0.2) is 57.8 Å². The lowest BCUT2D eigenvalue weighted by Gasteiger charge is -2.33. The second-order valence-corrected chi connectivity index (χ2v) is 9.81. The van der Waals surface area contributed by atoms with Crippen LogP contribution in [0.15, 0.2) is 18.2 Å². The molecule has 1 saturated heterocycles. The smallest absolute Gasteiger partial charge is 0.306 e. The molecule has 0 bridgehead atoms. The zero-order valence-corrected chi connectivity index (χ0v) is 19.1. The average Bonchev–Trinajstić information content (AvgIpc) is 3.14. The third-order valence-corrected chi connectivity index (χ3v) is 6.48. The van der Waals surface area contributed by atoms with Crippen LogP contribution in [0.3, 0.4) is 0 Å². The van der Waals surface area contributed by atoms with Crippen LogP contribution >= 0.6 is 0 Å². The van der Waals surface area contributed by atoms with Crippen LogP contribution in [0.25, 0.3) is 0 Å². The summed E-state index contributed by atoms with van der Waals surface area (Å²) < 4.78 is 34.9. The third kappa shape index (κ3) is 5.88. The maximum absolute atomic E-state index is 13.1. The van der Waals surface area contributed by atoms with Crippen molar-refractivity contribution in [1.29, 1.82) is 0 Å². The summed E-state index contributed by atoms with van der Waals surface area (Å²) in [4.78, 5) is 17.0. The van der Waals surface area contributed by atoms with Gasteiger partial charge in [-0.2, -0.15) is 8.42 Å². The molecule has 168 valence electrons. The molecule has 1 unspecified atom stereocenters. The van der Waals surface area contributed by atoms with E-state index in [0.717, 1.165) is 63.7 Å². The normalized spacial score (nSPS) is 19.4. The minimum Gasteiger partial charge on any atom is -0.382 e. The number of carbonyl (C=O) groups is 1. The highest BCUT2D eigenvalue weighted by atomic mass is 32.2. The number of nitrogens with zero attached hydrogens (tertiary/aromatic N) is 2. The van der Waals surface area contributed by atoms with E-state index in [9.17, 15) is 13.2 Å². The zero-order valence-electron chi connectivity index (χ0n) is 18.3. The second kappa shape index (κ2) is 10.0. The van der Waals surface area contributed by atoms with Gasteiger partial charge in [0.15, 0.2) is 0 Å². The standard InChI is InChI=1S/C22H34N2O5S/c1-4-23(5-2)19-12-11-18(21(14-19)29-30(3,26)27)15-24(16-20-10-7-13-28-20)22(25)17-8-6-9-17/h11-12,14,17,20H,4-10,13,15-16H2,1-3H3. The fourth-order valence-corrected chi connectivity index (χ4v) is 4.57. The van der Waals surface area contributed by atoms with Gasteiger partial charge in [0.2, 0.25) is 5.91 Å². The second-order valence-electron chi connectivity index (χ2n) is 8.23. The van der Waals surface area contributed by atoms with Gasteiger partial charge in [-0.05, 0) is 45.6 Å². The molecule has 8 heteroatoms. The molecule has 2 fully saturated rings. The van der Waals surface area contributed by atoms with Crippen LogP contribution in [0.1, 0.15) is 51.5 Å². The monoisotopic (exact) mass is 438 g/mol. The van der Waals surface area contributed by atoms with Gasteiger partial charge >= 0.3 is 10.1 Å². The van der Waals surface area contributed by atoms with Gasteiger partial charge in [0.25, 0.3) is 0 Å². The molecule has 1 aliphatic carbocycles. The zero-order chi connectivity index (χ0) is 21.7. The Balaban J connectivity index is 1.88. The maximum atomic E-state index is 13.1. The molecule has 2 aliphatic rings. The predicted octanol–water partition coefficient (Wildman–Crippen LogP) is 3.18. The van der Waals surface area contributed by atoms with Crippen molar-refractivity contribution in [3.8, 4) is 5.75 Å². The molecule has 3 rings (SSSR count). The number of amides is 1. The minimum atomic E-state index is -3.69. The summed E-state index contributed by atoms with van der Waals surface area (Å²) in [6.45, 7) is 7.30. The van der Waals surface area contributed by atoms with E-state index >= 15 is 0 Å². The number of hydrogen-bond donors (Lipinski definition) is 0. The summed E-state index contributed by atoms with van der Waals surface area (Å²) in [5.41, 5.74) is 1.60. The molecule has 1 atom stereocenters. The molecule has 1 aliphatic heterocycles. The lowest BCUT2D eigenvalue weighted by molar-refractivity contribution is -0.140. The number of hydrogen-bond acceptors (Lipinski definition) is 6. The fraction of sp³-hybridized carbons (Fsp3) is 0.682. The van der Waals surface area contributed by atoms with Gasteiger partial charge in [-0.3, -0.25) is 4.79 Å². The summed E-state index contributed by atoms with van der Waals surface area (Å²) in [5.74, 6) is 0.496. The highest BCUT2D eigenvalue weighted by Crippen LogP contribution is 2.32. The lowest BCUT2D eigenvalue weighted by atomic mass is 9.84. The molecule has 7 nitrogen and oxygen atoms in total. The van der Waals surface area contributed by atoms with E-state index in [1.807, 2.05) is 17.0 Å². The van der Waals surface area contributed by atoms with Crippen LogP contribution in [0, 0.1) is 5.92 Å². The number of benzene rings is 1. The Morgan fingerprint density at radius 2 is 1.90 bits per heavy atom. The molecule has 0 spiro atoms. The highest BCUT2D eigenvalue weighted by molar-refractivity contribution is 7.86. The molecular formula is C22H34N2O5S. The van der Waals surface area contributed by atoms with Gasteiger partial charge in [-0.1, -0.05) is 12.5 Å². The predicted molar refractivity (Wildman–Crippen MR) is 117 cm³/mol. The Labute approximate surface area is 180 Å². The summed E-state index contributed by atoms with van der Waals surface area (Å²) in [7, 11) is -3.69. The van der Waals surface area contributed by atoms with Gasteiger partial charge in [-0.25, -0.2) is 0 Å². The summed E-state index contributed by atoms with van der Waals surface area (Å²) in [6, 6.07) is 5.61. The first-order chi connectivity index (χ1) is 14.3. The Bertz CT molecular complexity index is 828. The Kier molecular flexibility index (Phi) is 7.63. The molecular weight excluding hydrogens is 404 g/mol. The lowest BCUT2D eigenvalue weighted by Crippen LogP contribution is -2.42. The molecule has 1 aromatic rings. The van der Waals surface area contributed by atoms with E-state index in [-0.39, 0.29) is 17.9 Å². The van der Waals surface area contributed by atoms with Crippen molar-refractivity contribution >= 4 is 21.7 Å². The van der Waals surface area contributed by atoms with Crippen molar-refractivity contribution in [3.05, 3.63) is 23.8 Å². The number of anilines is 1. The highest BCUT2D eigenvalue weighted by Gasteiger charge is 2.32. The van der Waals surface area contributed by atoms with Gasteiger partial charge in [0, 0.05) is 56.0 Å². The van der Waals surface area contributed by atoms with Crippen LogP contribution in [-0.2, 0) is 26.2 Å². The molecule has 1 heterocycles. The van der Waals surface area contributed by atoms with Crippen LogP contribution in [0.2, 0.25) is 0 Å². The molecule has 1 saturated carbocycles. The van der Waals surface area contributed by atoms with Crippen molar-refractivity contribution in [2.45, 2.75) is 58.6 Å². The summed E-state index contributed by atoms with van der Waals surface area (Å²) in [6.07, 6.45) is 5.99. The van der Waals surface area contributed by atoms with Crippen molar-refractivity contribution < 1.29 is 22.1 Å². The molecule has 0 radical (unpaired) electrons. The number of carbonyl (C=O) groups excluding carboxylic acids is 1. The van der Waals surface area contributed by atoms with Crippen molar-refractivity contribution in [3.63, 3.8) is 0 Å². The molecule has 0 aromatic heterocycles. The van der Waals surface area contributed by atoms with Gasteiger partial charge in [0.05, 0.1) is 12.4 Å².